The predicted octanol–water partition coefficient (Wildman–Crippen LogP) is 5.54. The lowest BCUT2D eigenvalue weighted by molar-refractivity contribution is -0.134. The fourth-order valence-electron chi connectivity index (χ4n) is 6.29. The molecule has 2 amide bonds. The Hall–Kier alpha value is -5.11. The van der Waals surface area contributed by atoms with Gasteiger partial charge in [0.2, 0.25) is 0 Å². The Labute approximate surface area is 310 Å². The minimum Gasteiger partial charge on any atom is -0.447 e. The van der Waals surface area contributed by atoms with Crippen molar-refractivity contribution in [3.63, 3.8) is 0 Å². The summed E-state index contributed by atoms with van der Waals surface area (Å²) in [5.41, 5.74) is -2.27. The molecule has 2 aromatic carbocycles. The molecule has 4 aromatic rings. The summed E-state index contributed by atoms with van der Waals surface area (Å²) in [7, 11) is -3.77. The number of aromatic nitrogens is 5. The van der Waals surface area contributed by atoms with Crippen LogP contribution in [0.2, 0.25) is 5.02 Å². The van der Waals surface area contributed by atoms with Gasteiger partial charge >= 0.3 is 6.09 Å². The molecule has 2 aliphatic rings. The van der Waals surface area contributed by atoms with E-state index in [1.165, 1.54) is 30.3 Å². The van der Waals surface area contributed by atoms with Crippen molar-refractivity contribution in [3.8, 4) is 16.8 Å². The highest BCUT2D eigenvalue weighted by Crippen LogP contribution is 2.44. The number of guanidine groups is 1. The number of alkyl halides is 4. The van der Waals surface area contributed by atoms with Crippen molar-refractivity contribution in [2.45, 2.75) is 63.6 Å². The summed E-state index contributed by atoms with van der Waals surface area (Å²) in [6.07, 6.45) is -0.815. The first-order valence-electron chi connectivity index (χ1n) is 16.2. The summed E-state index contributed by atoms with van der Waals surface area (Å²) in [6, 6.07) is 4.97. The van der Waals surface area contributed by atoms with E-state index in [9.17, 15) is 35.6 Å². The van der Waals surface area contributed by atoms with E-state index in [-0.39, 0.29) is 39.4 Å². The zero-order valence-electron chi connectivity index (χ0n) is 29.0. The fourth-order valence-corrected chi connectivity index (χ4v) is 7.01. The Morgan fingerprint density at radius 3 is 2.48 bits per heavy atom. The van der Waals surface area contributed by atoms with Gasteiger partial charge in [-0.2, -0.15) is 14.3 Å². The zero-order valence-corrected chi connectivity index (χ0v) is 30.5. The van der Waals surface area contributed by atoms with Crippen LogP contribution in [-0.2, 0) is 25.1 Å². The second-order valence-corrected chi connectivity index (χ2v) is 16.4. The monoisotopic (exact) mass is 797 g/mol. The standard InChI is InChI=1S/C33H33ClF5N9O5S/c1-31(2,3)15-32(19-6-7-20(22(35)10-19)18-12-42-46(13-18)54(4,51)52)28(49)47(29(40)45-32)24(14-53-30(50)44-25-11-33(25,38)39)17-5-8-21(34)23(9-17)48-27(26(36)37)41-16-43-48/h5-10,12-13,16,24-26H,11,14-15H2,1-4H3,(H2,40,45)(H,44,50)/t24-,25?,32-/m1/s1. The van der Waals surface area contributed by atoms with E-state index in [4.69, 9.17) is 21.7 Å². The van der Waals surface area contributed by atoms with Gasteiger partial charge in [-0.3, -0.25) is 15.1 Å². The van der Waals surface area contributed by atoms with Gasteiger partial charge in [0, 0.05) is 17.5 Å². The molecular formula is C33H33ClF5N9O5S. The third-order valence-electron chi connectivity index (χ3n) is 8.78. The minimum absolute atomic E-state index is 0.0179. The molecular weight excluding hydrogens is 765 g/mol. The molecule has 1 aliphatic heterocycles. The summed E-state index contributed by atoms with van der Waals surface area (Å²) in [4.78, 5) is 32.0. The van der Waals surface area contributed by atoms with Crippen molar-refractivity contribution < 1.29 is 44.7 Å². The van der Waals surface area contributed by atoms with Crippen LogP contribution in [-0.4, -0.2) is 80.1 Å². The van der Waals surface area contributed by atoms with Crippen LogP contribution >= 0.6 is 11.6 Å². The average molecular weight is 798 g/mol. The largest absolute Gasteiger partial charge is 0.447 e. The molecule has 0 radical (unpaired) electrons. The first kappa shape index (κ1) is 38.6. The number of alkyl carbamates (subject to hydrolysis) is 1. The zero-order chi connectivity index (χ0) is 39.5. The smallest absolute Gasteiger partial charge is 0.407 e. The molecule has 288 valence electrons. The number of amides is 2. The minimum atomic E-state index is -3.77. The second kappa shape index (κ2) is 13.6. The number of hydrogen-bond acceptors (Lipinski definition) is 9. The molecule has 1 saturated heterocycles. The van der Waals surface area contributed by atoms with Crippen LogP contribution in [0.5, 0.6) is 0 Å². The molecule has 3 atom stereocenters. The lowest BCUT2D eigenvalue weighted by Gasteiger charge is -2.35. The van der Waals surface area contributed by atoms with Crippen LogP contribution in [0, 0.1) is 16.6 Å². The molecule has 21 heteroatoms. The molecule has 2 aromatic heterocycles. The number of rotatable bonds is 11. The van der Waals surface area contributed by atoms with Gasteiger partial charge in [0.15, 0.2) is 11.8 Å². The second-order valence-electron chi connectivity index (χ2n) is 14.2. The number of ether oxygens (including phenoxy) is 1. The lowest BCUT2D eigenvalue weighted by atomic mass is 9.75. The van der Waals surface area contributed by atoms with E-state index in [1.807, 2.05) is 26.1 Å². The van der Waals surface area contributed by atoms with Gasteiger partial charge in [-0.05, 0) is 41.2 Å². The predicted molar refractivity (Wildman–Crippen MR) is 183 cm³/mol. The van der Waals surface area contributed by atoms with Crippen molar-refractivity contribution >= 4 is 39.6 Å². The van der Waals surface area contributed by atoms with Crippen molar-refractivity contribution in [2.24, 2.45) is 5.41 Å². The number of carbonyl (C=O) groups is 2. The molecule has 6 rings (SSSR count). The molecule has 1 unspecified atom stereocenters. The highest BCUT2D eigenvalue weighted by Gasteiger charge is 2.58. The quantitative estimate of drug-likeness (QED) is 0.165. The maximum Gasteiger partial charge on any atom is 0.407 e. The Bertz CT molecular complexity index is 2260. The van der Waals surface area contributed by atoms with Gasteiger partial charge in [0.05, 0.1) is 35.4 Å². The van der Waals surface area contributed by atoms with Crippen LogP contribution in [0.3, 0.4) is 0 Å². The number of benzene rings is 2. The van der Waals surface area contributed by atoms with Gasteiger partial charge in [0.25, 0.3) is 28.3 Å². The summed E-state index contributed by atoms with van der Waals surface area (Å²) in [5, 5.41) is 21.5. The molecule has 3 N–H and O–H groups in total. The van der Waals surface area contributed by atoms with Crippen LogP contribution in [0.15, 0.2) is 55.1 Å². The summed E-state index contributed by atoms with van der Waals surface area (Å²) >= 11 is 6.39. The fraction of sp³-hybridized carbons (Fsp3) is 0.394. The normalized spacial score (nSPS) is 20.3. The lowest BCUT2D eigenvalue weighted by Crippen LogP contribution is -2.47. The number of nitrogens with one attached hydrogen (secondary N) is 3. The number of halogens is 6. The average Bonchev–Trinajstić information content (AvgIpc) is 3.53. The Morgan fingerprint density at radius 2 is 1.89 bits per heavy atom. The molecule has 1 saturated carbocycles. The SMILES string of the molecule is CC(C)(C)C[C@]1(c2ccc(-c3cnn(S(C)(=O)=O)c3)c(F)c2)NC(=N)N([C@H](COC(=O)NC2CC2(F)F)c2ccc(Cl)c(-n3ncnc3C(F)F)c2)C1=O. The van der Waals surface area contributed by atoms with Gasteiger partial charge in [0.1, 0.15) is 30.3 Å². The van der Waals surface area contributed by atoms with Crippen molar-refractivity contribution in [2.75, 3.05) is 12.9 Å². The van der Waals surface area contributed by atoms with Crippen molar-refractivity contribution in [1.82, 2.24) is 39.5 Å². The van der Waals surface area contributed by atoms with Gasteiger partial charge in [-0.25, -0.2) is 44.8 Å². The summed E-state index contributed by atoms with van der Waals surface area (Å²) in [6.45, 7) is 4.71. The Kier molecular flexibility index (Phi) is 9.75. The van der Waals surface area contributed by atoms with Crippen molar-refractivity contribution in [1.29, 1.82) is 5.41 Å². The molecule has 14 nitrogen and oxygen atoms in total. The number of carbonyl (C=O) groups excluding carboxylic acids is 2. The molecule has 1 aliphatic carbocycles. The van der Waals surface area contributed by atoms with Gasteiger partial charge in [-0.1, -0.05) is 50.6 Å². The molecule has 54 heavy (non-hydrogen) atoms. The van der Waals surface area contributed by atoms with Crippen LogP contribution in [0.1, 0.15) is 63.0 Å². The topological polar surface area (TPSA) is 177 Å². The molecule has 3 heterocycles. The highest BCUT2D eigenvalue weighted by atomic mass is 35.5. The van der Waals surface area contributed by atoms with Crippen LogP contribution < -0.4 is 10.6 Å². The molecule has 2 fully saturated rings. The van der Waals surface area contributed by atoms with E-state index < -0.39 is 88.0 Å². The number of hydrogen-bond donors (Lipinski definition) is 3. The van der Waals surface area contributed by atoms with E-state index in [0.717, 1.165) is 40.6 Å². The van der Waals surface area contributed by atoms with Crippen molar-refractivity contribution in [3.05, 3.63) is 82.9 Å². The van der Waals surface area contributed by atoms with E-state index in [1.54, 1.807) is 0 Å². The summed E-state index contributed by atoms with van der Waals surface area (Å²) < 4.78 is 101. The Morgan fingerprint density at radius 1 is 1.19 bits per heavy atom. The third kappa shape index (κ3) is 7.48. The highest BCUT2D eigenvalue weighted by molar-refractivity contribution is 7.89. The van der Waals surface area contributed by atoms with Gasteiger partial charge < -0.3 is 15.4 Å². The third-order valence-corrected chi connectivity index (χ3v) is 9.98. The maximum atomic E-state index is 15.9. The van der Waals surface area contributed by atoms with Crippen LogP contribution in [0.4, 0.5) is 26.7 Å². The first-order valence-corrected chi connectivity index (χ1v) is 18.4. The molecule has 0 spiro atoms. The van der Waals surface area contributed by atoms with E-state index in [0.29, 0.717) is 4.09 Å². The summed E-state index contributed by atoms with van der Waals surface area (Å²) in [5.74, 6) is -6.03. The first-order chi connectivity index (χ1) is 25.1. The Balaban J connectivity index is 1.42. The van der Waals surface area contributed by atoms with E-state index >= 15 is 4.39 Å². The number of nitrogens with zero attached hydrogens (tertiary/aromatic N) is 6. The molecule has 0 bridgehead atoms. The van der Waals surface area contributed by atoms with Gasteiger partial charge in [-0.15, -0.1) is 0 Å². The van der Waals surface area contributed by atoms with E-state index in [2.05, 4.69) is 20.5 Å². The van der Waals surface area contributed by atoms with Crippen LogP contribution in [0.25, 0.3) is 16.8 Å². The maximum absolute atomic E-state index is 15.9.